The highest BCUT2D eigenvalue weighted by Crippen LogP contribution is 2.38. The molecular weight excluding hydrogens is 681 g/mol. The number of aliphatic carboxylic acids is 1. The van der Waals surface area contributed by atoms with E-state index in [4.69, 9.17) is 9.90 Å². The van der Waals surface area contributed by atoms with Crippen molar-refractivity contribution in [2.24, 2.45) is 0 Å². The third-order valence-electron chi connectivity index (χ3n) is 9.12. The molecule has 0 radical (unpaired) electrons. The molecule has 12 nitrogen and oxygen atoms in total. The molecule has 4 aromatic rings. The maximum absolute atomic E-state index is 14.2. The highest BCUT2D eigenvalue weighted by atomic mass is 19.4. The number of rotatable bonds is 13. The fraction of sp³-hybridized carbons (Fsp3) is 0.351. The Morgan fingerprint density at radius 2 is 1.52 bits per heavy atom. The Balaban J connectivity index is 0.000000679. The summed E-state index contributed by atoms with van der Waals surface area (Å²) in [5, 5.41) is 18.8. The number of nitrogens with zero attached hydrogens (tertiary/aromatic N) is 5. The number of carbonyl (C=O) groups is 3. The molecule has 1 fully saturated rings. The first kappa shape index (κ1) is 37.5. The van der Waals surface area contributed by atoms with Crippen LogP contribution in [0.25, 0.3) is 0 Å². The maximum Gasteiger partial charge on any atom is 0.490 e. The first-order valence-electron chi connectivity index (χ1n) is 17.0. The number of non-ortho nitro benzene ring substituents is 1. The number of hydrogen-bond donors (Lipinski definition) is 2. The molecule has 3 aromatic carbocycles. The highest BCUT2D eigenvalue weighted by molar-refractivity contribution is 6.05. The van der Waals surface area contributed by atoms with E-state index >= 15 is 0 Å². The van der Waals surface area contributed by atoms with Crippen molar-refractivity contribution in [2.75, 3.05) is 24.5 Å². The van der Waals surface area contributed by atoms with Gasteiger partial charge in [-0.25, -0.2) is 9.78 Å². The predicted octanol–water partition coefficient (Wildman–Crippen LogP) is 6.04. The number of aromatic nitrogens is 2. The minimum Gasteiger partial charge on any atom is -0.475 e. The van der Waals surface area contributed by atoms with Crippen LogP contribution < -0.4 is 4.90 Å². The van der Waals surface area contributed by atoms with Gasteiger partial charge in [-0.05, 0) is 55.7 Å². The normalized spacial score (nSPS) is 16.9. The molecule has 0 saturated carbocycles. The highest BCUT2D eigenvalue weighted by Gasteiger charge is 2.49. The number of piperazine rings is 1. The molecule has 1 saturated heterocycles. The van der Waals surface area contributed by atoms with E-state index in [9.17, 15) is 32.9 Å². The van der Waals surface area contributed by atoms with Crippen LogP contribution in [0, 0.1) is 10.1 Å². The molecule has 52 heavy (non-hydrogen) atoms. The van der Waals surface area contributed by atoms with Gasteiger partial charge in [0.15, 0.2) is 0 Å². The van der Waals surface area contributed by atoms with Gasteiger partial charge in [0.05, 0.1) is 29.0 Å². The summed E-state index contributed by atoms with van der Waals surface area (Å²) in [6.45, 7) is 1.63. The van der Waals surface area contributed by atoms with Crippen LogP contribution in [-0.2, 0) is 28.9 Å². The molecule has 0 spiro atoms. The van der Waals surface area contributed by atoms with Crippen molar-refractivity contribution in [3.8, 4) is 0 Å². The smallest absolute Gasteiger partial charge is 0.475 e. The van der Waals surface area contributed by atoms with E-state index in [1.807, 2.05) is 41.3 Å². The van der Waals surface area contributed by atoms with E-state index in [1.165, 1.54) is 23.3 Å². The second-order valence-corrected chi connectivity index (χ2v) is 12.6. The van der Waals surface area contributed by atoms with Crippen molar-refractivity contribution in [1.29, 1.82) is 0 Å². The van der Waals surface area contributed by atoms with E-state index in [-0.39, 0.29) is 35.7 Å². The SMILES string of the molecule is O=C(O)C(F)(F)F.O=C1[C@H](Cc2cnc[nH]2)N2C(=O)c3cc([N+](=O)[O-])ccc3N(CCCCc3ccccc3)C2CN1CCCCc1ccccc1. The van der Waals surface area contributed by atoms with Gasteiger partial charge in [0.25, 0.3) is 11.6 Å². The van der Waals surface area contributed by atoms with Gasteiger partial charge in [-0.2, -0.15) is 13.2 Å². The van der Waals surface area contributed by atoms with Crippen molar-refractivity contribution >= 4 is 29.2 Å². The Morgan fingerprint density at radius 3 is 2.06 bits per heavy atom. The van der Waals surface area contributed by atoms with E-state index in [0.717, 1.165) is 44.2 Å². The molecule has 0 aliphatic carbocycles. The van der Waals surface area contributed by atoms with Gasteiger partial charge >= 0.3 is 12.1 Å². The van der Waals surface area contributed by atoms with Crippen LogP contribution in [0.2, 0.25) is 0 Å². The van der Waals surface area contributed by atoms with E-state index < -0.39 is 23.1 Å². The number of unbranched alkanes of at least 4 members (excludes halogenated alkanes) is 2. The lowest BCUT2D eigenvalue weighted by Gasteiger charge is -2.53. The minimum atomic E-state index is -5.08. The second-order valence-electron chi connectivity index (χ2n) is 12.6. The number of carbonyl (C=O) groups excluding carboxylic acids is 2. The molecule has 274 valence electrons. The molecule has 2 N–H and O–H groups in total. The summed E-state index contributed by atoms with van der Waals surface area (Å²) >= 11 is 0. The predicted molar refractivity (Wildman–Crippen MR) is 186 cm³/mol. The molecule has 15 heteroatoms. The van der Waals surface area contributed by atoms with Gasteiger partial charge in [0, 0.05) is 43.5 Å². The third-order valence-corrected chi connectivity index (χ3v) is 9.12. The number of imidazole rings is 1. The third kappa shape index (κ3) is 9.33. The number of benzene rings is 3. The summed E-state index contributed by atoms with van der Waals surface area (Å²) in [5.74, 6) is -3.21. The molecule has 1 aromatic heterocycles. The van der Waals surface area contributed by atoms with E-state index in [2.05, 4.69) is 39.1 Å². The number of halogens is 3. The Hall–Kier alpha value is -5.73. The van der Waals surface area contributed by atoms with Gasteiger partial charge in [0.1, 0.15) is 12.2 Å². The topological polar surface area (TPSA) is 153 Å². The fourth-order valence-corrected chi connectivity index (χ4v) is 6.59. The van der Waals surface area contributed by atoms with Crippen LogP contribution >= 0.6 is 0 Å². The van der Waals surface area contributed by atoms with Crippen LogP contribution in [-0.4, -0.2) is 85.6 Å². The number of amides is 2. The zero-order valence-corrected chi connectivity index (χ0v) is 28.2. The maximum atomic E-state index is 14.2. The summed E-state index contributed by atoms with van der Waals surface area (Å²) in [7, 11) is 0. The number of carboxylic acids is 1. The van der Waals surface area contributed by atoms with Crippen molar-refractivity contribution in [1.82, 2.24) is 19.8 Å². The van der Waals surface area contributed by atoms with Crippen LogP contribution in [0.3, 0.4) is 0 Å². The van der Waals surface area contributed by atoms with Crippen LogP contribution in [0.1, 0.15) is 52.9 Å². The molecule has 2 atom stereocenters. The number of hydrogen-bond acceptors (Lipinski definition) is 7. The van der Waals surface area contributed by atoms with Crippen molar-refractivity contribution < 1.29 is 37.6 Å². The lowest BCUT2D eigenvalue weighted by Crippen LogP contribution is -2.70. The van der Waals surface area contributed by atoms with Gasteiger partial charge in [0.2, 0.25) is 5.91 Å². The summed E-state index contributed by atoms with van der Waals surface area (Å²) in [4.78, 5) is 61.4. The molecule has 2 aliphatic heterocycles. The zero-order valence-electron chi connectivity index (χ0n) is 28.2. The number of carboxylic acid groups (broad SMARTS) is 1. The average molecular weight is 721 g/mol. The van der Waals surface area contributed by atoms with Crippen molar-refractivity contribution in [3.63, 3.8) is 0 Å². The molecule has 2 amide bonds. The number of nitro groups is 1. The number of H-pyrrole nitrogens is 1. The number of aryl methyl sites for hydroxylation is 2. The summed E-state index contributed by atoms with van der Waals surface area (Å²) < 4.78 is 31.7. The molecular formula is C37H39F3N6O6. The standard InChI is InChI=1S/C35H38N6O4.C2HF3O2/c42-34-30-22-29(41(44)45)17-18-31(30)39(20-10-8-16-27-13-5-2-6-14-27)33-24-38(19-9-7-15-26-11-3-1-4-12-26)35(43)32(40(33)34)21-28-23-36-25-37-28;3-2(4,5)1(6)7/h1-6,11-14,17-18,22-23,25,32-33H,7-10,15-16,19-21,24H2,(H,36,37);(H,6,7)/t32-,33?;/m0./s1. The lowest BCUT2D eigenvalue weighted by atomic mass is 9.95. The lowest BCUT2D eigenvalue weighted by molar-refractivity contribution is -0.384. The summed E-state index contributed by atoms with van der Waals surface area (Å²) in [6.07, 6.45) is 3.53. The number of alkyl halides is 3. The van der Waals surface area contributed by atoms with Gasteiger partial charge < -0.3 is 24.8 Å². The molecule has 1 unspecified atom stereocenters. The fourth-order valence-electron chi connectivity index (χ4n) is 6.59. The number of nitro benzene ring substituents is 1. The number of fused-ring (bicyclic) bond motifs is 2. The first-order chi connectivity index (χ1) is 24.9. The number of nitrogens with one attached hydrogen (secondary N) is 1. The Labute approximate surface area is 298 Å². The minimum absolute atomic E-state index is 0.105. The van der Waals surface area contributed by atoms with Crippen LogP contribution in [0.5, 0.6) is 0 Å². The number of anilines is 1. The van der Waals surface area contributed by atoms with Crippen molar-refractivity contribution in [2.45, 2.75) is 63.3 Å². The number of aromatic amines is 1. The van der Waals surface area contributed by atoms with Gasteiger partial charge in [-0.1, -0.05) is 60.7 Å². The van der Waals surface area contributed by atoms with Gasteiger partial charge in [-0.3, -0.25) is 19.7 Å². The molecule has 3 heterocycles. The Kier molecular flexibility index (Phi) is 12.3. The summed E-state index contributed by atoms with van der Waals surface area (Å²) in [6, 6.07) is 24.4. The molecule has 2 aliphatic rings. The largest absolute Gasteiger partial charge is 0.490 e. The monoisotopic (exact) mass is 720 g/mol. The molecule has 0 bridgehead atoms. The molecule has 6 rings (SSSR count). The summed E-state index contributed by atoms with van der Waals surface area (Å²) in [5.41, 5.74) is 4.11. The van der Waals surface area contributed by atoms with Gasteiger partial charge in [-0.15, -0.1) is 0 Å². The van der Waals surface area contributed by atoms with Crippen molar-refractivity contribution in [3.05, 3.63) is 124 Å². The van der Waals surface area contributed by atoms with Crippen LogP contribution in [0.4, 0.5) is 24.5 Å². The zero-order chi connectivity index (χ0) is 37.3. The first-order valence-corrected chi connectivity index (χ1v) is 17.0. The van der Waals surface area contributed by atoms with E-state index in [1.54, 1.807) is 23.5 Å². The Bertz CT molecular complexity index is 1820. The van der Waals surface area contributed by atoms with Crippen LogP contribution in [0.15, 0.2) is 91.4 Å². The quantitative estimate of drug-likeness (QED) is 0.0964. The van der Waals surface area contributed by atoms with E-state index in [0.29, 0.717) is 25.3 Å². The Morgan fingerprint density at radius 1 is 0.923 bits per heavy atom. The second kappa shape index (κ2) is 17.0. The average Bonchev–Trinajstić information content (AvgIpc) is 3.65.